The Balaban J connectivity index is 1.60. The molecule has 1 aliphatic rings. The monoisotopic (exact) mass is 410 g/mol. The number of nitrogens with zero attached hydrogens (tertiary/aromatic N) is 4. The maximum Gasteiger partial charge on any atom is 0.228 e. The van der Waals surface area contributed by atoms with Crippen molar-refractivity contribution < 1.29 is 4.79 Å². The van der Waals surface area contributed by atoms with E-state index in [0.717, 1.165) is 48.8 Å². The molecular formula is C23H27ClN4O. The van der Waals surface area contributed by atoms with Gasteiger partial charge in [0.2, 0.25) is 5.91 Å². The van der Waals surface area contributed by atoms with E-state index in [1.807, 2.05) is 34.7 Å². The highest BCUT2D eigenvalue weighted by atomic mass is 35.5. The summed E-state index contributed by atoms with van der Waals surface area (Å²) in [4.78, 5) is 22.1. The second kappa shape index (κ2) is 8.56. The Morgan fingerprint density at radius 3 is 2.59 bits per heavy atom. The molecule has 0 aliphatic carbocycles. The number of carbonyl (C=O) groups is 1. The van der Waals surface area contributed by atoms with Crippen LogP contribution in [0.3, 0.4) is 0 Å². The minimum atomic E-state index is 0.0966. The maximum absolute atomic E-state index is 13.0. The first-order valence-electron chi connectivity index (χ1n) is 10.2. The fraction of sp³-hybridized carbons (Fsp3) is 0.391. The molecule has 1 aromatic carbocycles. The molecule has 0 bridgehead atoms. The molecule has 0 saturated carbocycles. The van der Waals surface area contributed by atoms with Gasteiger partial charge in [0.15, 0.2) is 0 Å². The number of carbonyl (C=O) groups excluding carboxylic acids is 1. The van der Waals surface area contributed by atoms with Crippen LogP contribution in [0.25, 0.3) is 16.9 Å². The summed E-state index contributed by atoms with van der Waals surface area (Å²) in [6, 6.07) is 12.0. The number of halogens is 1. The van der Waals surface area contributed by atoms with Crippen LogP contribution in [0, 0.1) is 6.92 Å². The zero-order valence-corrected chi connectivity index (χ0v) is 17.8. The zero-order chi connectivity index (χ0) is 20.4. The molecule has 1 fully saturated rings. The molecular weight excluding hydrogens is 384 g/mol. The number of likely N-dealkylation sites (tertiary alicyclic amines) is 1. The van der Waals surface area contributed by atoms with E-state index in [0.29, 0.717) is 11.4 Å². The van der Waals surface area contributed by atoms with Crippen LogP contribution in [-0.4, -0.2) is 58.3 Å². The average molecular weight is 411 g/mol. The summed E-state index contributed by atoms with van der Waals surface area (Å²) in [5.41, 5.74) is 4.73. The van der Waals surface area contributed by atoms with Gasteiger partial charge in [-0.3, -0.25) is 4.79 Å². The topological polar surface area (TPSA) is 40.9 Å². The molecule has 1 aliphatic heterocycles. The van der Waals surface area contributed by atoms with Crippen molar-refractivity contribution in [2.45, 2.75) is 26.2 Å². The number of likely N-dealkylation sites (N-methyl/N-ethyl adjacent to an activating group) is 1. The second-order valence-corrected chi connectivity index (χ2v) is 8.33. The van der Waals surface area contributed by atoms with Gasteiger partial charge in [0.25, 0.3) is 0 Å². The fourth-order valence-electron chi connectivity index (χ4n) is 3.88. The predicted octanol–water partition coefficient (Wildman–Crippen LogP) is 4.06. The molecule has 0 N–H and O–H groups in total. The lowest BCUT2D eigenvalue weighted by atomic mass is 10.1. The van der Waals surface area contributed by atoms with Gasteiger partial charge in [-0.25, -0.2) is 4.98 Å². The van der Waals surface area contributed by atoms with Gasteiger partial charge >= 0.3 is 0 Å². The summed E-state index contributed by atoms with van der Waals surface area (Å²) < 4.78 is 1.95. The summed E-state index contributed by atoms with van der Waals surface area (Å²) in [6.07, 6.45) is 4.66. The Morgan fingerprint density at radius 2 is 1.86 bits per heavy atom. The van der Waals surface area contributed by atoms with Crippen molar-refractivity contribution >= 4 is 23.2 Å². The van der Waals surface area contributed by atoms with Crippen molar-refractivity contribution in [3.8, 4) is 11.3 Å². The Kier molecular flexibility index (Phi) is 5.88. The number of imidazole rings is 1. The summed E-state index contributed by atoms with van der Waals surface area (Å²) in [5.74, 6) is 0.0966. The third kappa shape index (κ3) is 4.46. The third-order valence-electron chi connectivity index (χ3n) is 5.70. The normalized spacial score (nSPS) is 14.6. The molecule has 0 radical (unpaired) electrons. The van der Waals surface area contributed by atoms with Crippen LogP contribution in [0.15, 0.2) is 42.6 Å². The number of pyridine rings is 1. The molecule has 4 rings (SSSR count). The van der Waals surface area contributed by atoms with Crippen LogP contribution in [0.1, 0.15) is 24.1 Å². The fourth-order valence-corrected chi connectivity index (χ4v) is 4.04. The van der Waals surface area contributed by atoms with Crippen molar-refractivity contribution in [1.29, 1.82) is 0 Å². The largest absolute Gasteiger partial charge is 0.344 e. The lowest BCUT2D eigenvalue weighted by molar-refractivity contribution is -0.129. The molecule has 0 unspecified atom stereocenters. The van der Waals surface area contributed by atoms with Crippen molar-refractivity contribution in [2.24, 2.45) is 0 Å². The quantitative estimate of drug-likeness (QED) is 0.615. The molecule has 152 valence electrons. The smallest absolute Gasteiger partial charge is 0.228 e. The van der Waals surface area contributed by atoms with Gasteiger partial charge in [-0.05, 0) is 45.0 Å². The second-order valence-electron chi connectivity index (χ2n) is 7.89. The minimum absolute atomic E-state index is 0.0966. The first kappa shape index (κ1) is 19.9. The summed E-state index contributed by atoms with van der Waals surface area (Å²) >= 11 is 6.24. The van der Waals surface area contributed by atoms with Gasteiger partial charge in [-0.1, -0.05) is 41.4 Å². The lowest BCUT2D eigenvalue weighted by Gasteiger charge is -2.21. The molecule has 1 saturated heterocycles. The average Bonchev–Trinajstić information content (AvgIpc) is 3.35. The Morgan fingerprint density at radius 1 is 1.14 bits per heavy atom. The van der Waals surface area contributed by atoms with Gasteiger partial charge < -0.3 is 14.2 Å². The van der Waals surface area contributed by atoms with Crippen LogP contribution < -0.4 is 0 Å². The number of hydrogen-bond acceptors (Lipinski definition) is 3. The summed E-state index contributed by atoms with van der Waals surface area (Å²) in [6.45, 7) is 6.03. The van der Waals surface area contributed by atoms with E-state index in [2.05, 4.69) is 36.1 Å². The van der Waals surface area contributed by atoms with E-state index in [-0.39, 0.29) is 5.91 Å². The first-order chi connectivity index (χ1) is 14.0. The number of aryl methyl sites for hydroxylation is 1. The standard InChI is InChI=1S/C23H27ClN4O/c1-17-5-7-18(8-6-17)23-20(28-16-19(24)9-10-21(28)25-23)15-22(29)26(2)13-14-27-11-3-4-12-27/h5-10,16H,3-4,11-15H2,1-2H3. The van der Waals surface area contributed by atoms with E-state index in [1.165, 1.54) is 18.4 Å². The van der Waals surface area contributed by atoms with Crippen molar-refractivity contribution in [1.82, 2.24) is 19.2 Å². The van der Waals surface area contributed by atoms with Gasteiger partial charge in [0.05, 0.1) is 22.8 Å². The highest BCUT2D eigenvalue weighted by Crippen LogP contribution is 2.27. The van der Waals surface area contributed by atoms with Gasteiger partial charge in [0.1, 0.15) is 5.65 Å². The molecule has 1 amide bonds. The predicted molar refractivity (Wildman–Crippen MR) is 117 cm³/mol. The third-order valence-corrected chi connectivity index (χ3v) is 5.92. The number of fused-ring (bicyclic) bond motifs is 1. The zero-order valence-electron chi connectivity index (χ0n) is 17.1. The van der Waals surface area contributed by atoms with E-state index in [1.54, 1.807) is 0 Å². The van der Waals surface area contributed by atoms with Crippen LogP contribution in [-0.2, 0) is 11.2 Å². The summed E-state index contributed by atoms with van der Waals surface area (Å²) in [7, 11) is 1.89. The van der Waals surface area contributed by atoms with Crippen molar-refractivity contribution in [3.05, 3.63) is 58.9 Å². The van der Waals surface area contributed by atoms with Gasteiger partial charge in [-0.15, -0.1) is 0 Å². The van der Waals surface area contributed by atoms with E-state index >= 15 is 0 Å². The molecule has 3 heterocycles. The van der Waals surface area contributed by atoms with Crippen LogP contribution >= 0.6 is 11.6 Å². The van der Waals surface area contributed by atoms with Crippen LogP contribution in [0.4, 0.5) is 0 Å². The van der Waals surface area contributed by atoms with E-state index in [9.17, 15) is 4.79 Å². The number of benzene rings is 1. The van der Waals surface area contributed by atoms with Crippen molar-refractivity contribution in [2.75, 3.05) is 33.2 Å². The molecule has 5 nitrogen and oxygen atoms in total. The molecule has 0 spiro atoms. The maximum atomic E-state index is 13.0. The summed E-state index contributed by atoms with van der Waals surface area (Å²) in [5, 5.41) is 0.626. The van der Waals surface area contributed by atoms with E-state index < -0.39 is 0 Å². The number of rotatable bonds is 6. The van der Waals surface area contributed by atoms with Gasteiger partial charge in [0, 0.05) is 31.9 Å². The number of hydrogen-bond donors (Lipinski definition) is 0. The Hall–Kier alpha value is -2.37. The molecule has 6 heteroatoms. The first-order valence-corrected chi connectivity index (χ1v) is 10.6. The highest BCUT2D eigenvalue weighted by Gasteiger charge is 2.20. The van der Waals surface area contributed by atoms with E-state index in [4.69, 9.17) is 16.6 Å². The number of aromatic nitrogens is 2. The Labute approximate surface area is 176 Å². The molecule has 2 aromatic heterocycles. The molecule has 3 aromatic rings. The highest BCUT2D eigenvalue weighted by molar-refractivity contribution is 6.30. The molecule has 29 heavy (non-hydrogen) atoms. The van der Waals surface area contributed by atoms with Crippen LogP contribution in [0.2, 0.25) is 5.02 Å². The molecule has 0 atom stereocenters. The lowest BCUT2D eigenvalue weighted by Crippen LogP contribution is -2.36. The number of amides is 1. The van der Waals surface area contributed by atoms with Crippen LogP contribution in [0.5, 0.6) is 0 Å². The Bertz CT molecular complexity index is 1010. The van der Waals surface area contributed by atoms with Crippen molar-refractivity contribution in [3.63, 3.8) is 0 Å². The SMILES string of the molecule is Cc1ccc(-c2nc3ccc(Cl)cn3c2CC(=O)N(C)CCN2CCCC2)cc1. The van der Waals surface area contributed by atoms with Gasteiger partial charge in [-0.2, -0.15) is 0 Å². The minimum Gasteiger partial charge on any atom is -0.344 e.